The summed E-state index contributed by atoms with van der Waals surface area (Å²) in [6, 6.07) is 0. The number of nitrogens with zero attached hydrogens (tertiary/aromatic N) is 2. The topological polar surface area (TPSA) is 68.3 Å². The van der Waals surface area contributed by atoms with Crippen LogP contribution >= 0.6 is 0 Å². The third-order valence-electron chi connectivity index (χ3n) is 3.92. The summed E-state index contributed by atoms with van der Waals surface area (Å²) in [5, 5.41) is 6.78. The minimum atomic E-state index is -0.243. The predicted octanol–water partition coefficient (Wildman–Crippen LogP) is 2.08. The van der Waals surface area contributed by atoms with Crippen LogP contribution in [-0.2, 0) is 15.9 Å². The molecule has 2 heterocycles. The van der Waals surface area contributed by atoms with Gasteiger partial charge in [0.2, 0.25) is 0 Å². The van der Waals surface area contributed by atoms with E-state index in [1.54, 1.807) is 13.4 Å². The normalized spacial score (nSPS) is 21.5. The fourth-order valence-electron chi connectivity index (χ4n) is 2.50. The van der Waals surface area contributed by atoms with Crippen LogP contribution in [0.1, 0.15) is 32.3 Å². The first-order chi connectivity index (χ1) is 10.2. The Labute approximate surface area is 126 Å². The molecule has 2 rings (SSSR count). The van der Waals surface area contributed by atoms with E-state index in [0.717, 1.165) is 49.6 Å². The van der Waals surface area contributed by atoms with Gasteiger partial charge in [-0.2, -0.15) is 0 Å². The van der Waals surface area contributed by atoms with Gasteiger partial charge in [0.15, 0.2) is 0 Å². The molecule has 0 saturated carbocycles. The SMILES string of the molecule is CCCNc1ncnc(NCC2(OC)CCOC2)c1CC. The Balaban J connectivity index is 2.08. The highest BCUT2D eigenvalue weighted by Crippen LogP contribution is 2.25. The smallest absolute Gasteiger partial charge is 0.134 e. The maximum atomic E-state index is 5.64. The van der Waals surface area contributed by atoms with Gasteiger partial charge >= 0.3 is 0 Å². The summed E-state index contributed by atoms with van der Waals surface area (Å²) in [4.78, 5) is 8.73. The number of hydrogen-bond acceptors (Lipinski definition) is 6. The molecule has 1 aromatic heterocycles. The predicted molar refractivity (Wildman–Crippen MR) is 83.9 cm³/mol. The van der Waals surface area contributed by atoms with E-state index in [2.05, 4.69) is 34.4 Å². The average Bonchev–Trinajstić information content (AvgIpc) is 3.00. The van der Waals surface area contributed by atoms with Crippen molar-refractivity contribution in [2.45, 2.75) is 38.7 Å². The summed E-state index contributed by atoms with van der Waals surface area (Å²) in [5.74, 6) is 1.81. The van der Waals surface area contributed by atoms with Crippen LogP contribution in [0, 0.1) is 0 Å². The molecule has 0 aliphatic carbocycles. The lowest BCUT2D eigenvalue weighted by Crippen LogP contribution is -2.40. The number of hydrogen-bond donors (Lipinski definition) is 2. The molecule has 118 valence electrons. The van der Waals surface area contributed by atoms with E-state index in [-0.39, 0.29) is 5.60 Å². The molecule has 1 saturated heterocycles. The van der Waals surface area contributed by atoms with Crippen LogP contribution < -0.4 is 10.6 Å². The Morgan fingerprint density at radius 2 is 2.05 bits per heavy atom. The first kappa shape index (κ1) is 16.0. The van der Waals surface area contributed by atoms with Crippen molar-refractivity contribution in [1.29, 1.82) is 0 Å². The van der Waals surface area contributed by atoms with Gasteiger partial charge in [0.25, 0.3) is 0 Å². The number of anilines is 2. The van der Waals surface area contributed by atoms with Crippen molar-refractivity contribution < 1.29 is 9.47 Å². The van der Waals surface area contributed by atoms with Crippen LogP contribution in [0.15, 0.2) is 6.33 Å². The average molecular weight is 294 g/mol. The molecule has 0 amide bonds. The Morgan fingerprint density at radius 3 is 2.62 bits per heavy atom. The highest BCUT2D eigenvalue weighted by Gasteiger charge is 2.35. The minimum absolute atomic E-state index is 0.243. The number of methoxy groups -OCH3 is 1. The number of aromatic nitrogens is 2. The molecule has 6 nitrogen and oxygen atoms in total. The van der Waals surface area contributed by atoms with E-state index in [4.69, 9.17) is 9.47 Å². The molecule has 2 N–H and O–H groups in total. The van der Waals surface area contributed by atoms with Crippen LogP contribution in [0.2, 0.25) is 0 Å². The Hall–Kier alpha value is -1.40. The van der Waals surface area contributed by atoms with Crippen LogP contribution in [0.5, 0.6) is 0 Å². The lowest BCUT2D eigenvalue weighted by atomic mass is 10.0. The number of rotatable bonds is 8. The lowest BCUT2D eigenvalue weighted by molar-refractivity contribution is -0.00626. The third-order valence-corrected chi connectivity index (χ3v) is 3.92. The quantitative estimate of drug-likeness (QED) is 0.765. The molecular formula is C15H26N4O2. The summed E-state index contributed by atoms with van der Waals surface area (Å²) in [7, 11) is 1.74. The molecule has 1 aromatic rings. The number of nitrogens with one attached hydrogen (secondary N) is 2. The molecule has 0 bridgehead atoms. The van der Waals surface area contributed by atoms with Gasteiger partial charge in [0.05, 0.1) is 6.61 Å². The van der Waals surface area contributed by atoms with Crippen molar-refractivity contribution in [3.05, 3.63) is 11.9 Å². The second kappa shape index (κ2) is 7.56. The van der Waals surface area contributed by atoms with E-state index in [0.29, 0.717) is 13.2 Å². The van der Waals surface area contributed by atoms with Crippen LogP contribution in [-0.4, -0.2) is 49.0 Å². The highest BCUT2D eigenvalue weighted by atomic mass is 16.5. The largest absolute Gasteiger partial charge is 0.378 e. The minimum Gasteiger partial charge on any atom is -0.378 e. The molecule has 6 heteroatoms. The zero-order chi connectivity index (χ0) is 15.1. The standard InChI is InChI=1S/C15H26N4O2/c1-4-7-16-13-12(5-2)14(19-11-18-13)17-9-15(20-3)6-8-21-10-15/h11H,4-10H2,1-3H3,(H2,16,17,18,19). The van der Waals surface area contributed by atoms with Gasteiger partial charge in [-0.05, 0) is 12.8 Å². The summed E-state index contributed by atoms with van der Waals surface area (Å²) < 4.78 is 11.1. The molecule has 1 aliphatic heterocycles. The van der Waals surface area contributed by atoms with Gasteiger partial charge in [0, 0.05) is 38.8 Å². The molecule has 1 aliphatic rings. The van der Waals surface area contributed by atoms with Crippen molar-refractivity contribution >= 4 is 11.6 Å². The van der Waals surface area contributed by atoms with E-state index in [1.807, 2.05) is 0 Å². The van der Waals surface area contributed by atoms with Crippen molar-refractivity contribution in [2.24, 2.45) is 0 Å². The zero-order valence-corrected chi connectivity index (χ0v) is 13.2. The summed E-state index contributed by atoms with van der Waals surface area (Å²) in [5.41, 5.74) is 0.878. The van der Waals surface area contributed by atoms with Crippen molar-refractivity contribution in [3.8, 4) is 0 Å². The number of ether oxygens (including phenoxy) is 2. The molecule has 0 radical (unpaired) electrons. The van der Waals surface area contributed by atoms with Crippen molar-refractivity contribution in [1.82, 2.24) is 9.97 Å². The zero-order valence-electron chi connectivity index (χ0n) is 13.2. The molecule has 0 spiro atoms. The van der Waals surface area contributed by atoms with Gasteiger partial charge in [-0.3, -0.25) is 0 Å². The Morgan fingerprint density at radius 1 is 1.29 bits per heavy atom. The maximum absolute atomic E-state index is 5.64. The van der Waals surface area contributed by atoms with Gasteiger partial charge in [-0.1, -0.05) is 13.8 Å². The van der Waals surface area contributed by atoms with Crippen LogP contribution in [0.3, 0.4) is 0 Å². The van der Waals surface area contributed by atoms with E-state index >= 15 is 0 Å². The molecule has 1 atom stereocenters. The summed E-state index contributed by atoms with van der Waals surface area (Å²) in [6.45, 7) is 7.25. The molecule has 21 heavy (non-hydrogen) atoms. The first-order valence-electron chi connectivity index (χ1n) is 7.69. The van der Waals surface area contributed by atoms with Crippen LogP contribution in [0.4, 0.5) is 11.6 Å². The second-order valence-corrected chi connectivity index (χ2v) is 5.37. The maximum Gasteiger partial charge on any atom is 0.134 e. The van der Waals surface area contributed by atoms with Gasteiger partial charge in [-0.15, -0.1) is 0 Å². The highest BCUT2D eigenvalue weighted by molar-refractivity contribution is 5.57. The molecule has 1 unspecified atom stereocenters. The van der Waals surface area contributed by atoms with E-state index in [1.165, 1.54) is 0 Å². The van der Waals surface area contributed by atoms with Gasteiger partial charge in [-0.25, -0.2) is 9.97 Å². The summed E-state index contributed by atoms with van der Waals surface area (Å²) >= 11 is 0. The van der Waals surface area contributed by atoms with Crippen molar-refractivity contribution in [3.63, 3.8) is 0 Å². The Bertz CT molecular complexity index is 447. The summed E-state index contributed by atoms with van der Waals surface area (Å²) in [6.07, 6.45) is 4.46. The fourth-order valence-corrected chi connectivity index (χ4v) is 2.50. The van der Waals surface area contributed by atoms with Gasteiger partial charge in [0.1, 0.15) is 23.6 Å². The molecule has 0 aromatic carbocycles. The van der Waals surface area contributed by atoms with Crippen molar-refractivity contribution in [2.75, 3.05) is 44.0 Å². The molecular weight excluding hydrogens is 268 g/mol. The third kappa shape index (κ3) is 3.83. The Kier molecular flexibility index (Phi) is 5.76. The fraction of sp³-hybridized carbons (Fsp3) is 0.733. The molecule has 1 fully saturated rings. The van der Waals surface area contributed by atoms with E-state index < -0.39 is 0 Å². The monoisotopic (exact) mass is 294 g/mol. The van der Waals surface area contributed by atoms with E-state index in [9.17, 15) is 0 Å². The van der Waals surface area contributed by atoms with Gasteiger partial charge < -0.3 is 20.1 Å². The first-order valence-corrected chi connectivity index (χ1v) is 7.69. The second-order valence-electron chi connectivity index (χ2n) is 5.37. The van der Waals surface area contributed by atoms with Crippen LogP contribution in [0.25, 0.3) is 0 Å². The lowest BCUT2D eigenvalue weighted by Gasteiger charge is -2.26.